The van der Waals surface area contributed by atoms with Crippen molar-refractivity contribution in [3.8, 4) is 0 Å². The van der Waals surface area contributed by atoms with Gasteiger partial charge >= 0.3 is 0 Å². The molecule has 0 heterocycles. The summed E-state index contributed by atoms with van der Waals surface area (Å²) in [6.45, 7) is 2.19. The van der Waals surface area contributed by atoms with E-state index in [0.717, 1.165) is 24.9 Å². The van der Waals surface area contributed by atoms with Crippen molar-refractivity contribution in [2.75, 3.05) is 11.9 Å². The highest BCUT2D eigenvalue weighted by Crippen LogP contribution is 2.17. The van der Waals surface area contributed by atoms with Gasteiger partial charge in [0.2, 0.25) is 5.91 Å². The van der Waals surface area contributed by atoms with Crippen molar-refractivity contribution >= 4 is 17.6 Å². The number of guanidine groups is 1. The van der Waals surface area contributed by atoms with E-state index in [1.165, 1.54) is 24.8 Å². The normalized spacial score (nSPS) is 16.3. The summed E-state index contributed by atoms with van der Waals surface area (Å²) in [5.74, 6) is 0.209. The van der Waals surface area contributed by atoms with E-state index in [0.29, 0.717) is 6.04 Å². The van der Waals surface area contributed by atoms with E-state index >= 15 is 0 Å². The number of amides is 1. The molecule has 0 spiro atoms. The number of nitrogens with two attached hydrogens (primary N) is 1. The lowest BCUT2D eigenvalue weighted by atomic mass is 9.95. The van der Waals surface area contributed by atoms with Crippen LogP contribution in [0.3, 0.4) is 0 Å². The molecule has 0 radical (unpaired) electrons. The van der Waals surface area contributed by atoms with Gasteiger partial charge in [-0.1, -0.05) is 38.3 Å². The topological polar surface area (TPSA) is 79.5 Å². The fraction of sp³-hybridized carbons (Fsp3) is 0.529. The Kier molecular flexibility index (Phi) is 6.25. The molecule has 1 aromatic rings. The van der Waals surface area contributed by atoms with Gasteiger partial charge in [0.15, 0.2) is 5.96 Å². The number of nitrogens with zero attached hydrogens (tertiary/aromatic N) is 1. The van der Waals surface area contributed by atoms with Gasteiger partial charge in [0.05, 0.1) is 0 Å². The quantitative estimate of drug-likeness (QED) is 0.577. The second-order valence-corrected chi connectivity index (χ2v) is 5.78. The highest BCUT2D eigenvalue weighted by Gasteiger charge is 2.15. The molecule has 5 nitrogen and oxygen atoms in total. The first-order valence-corrected chi connectivity index (χ1v) is 8.12. The fourth-order valence-electron chi connectivity index (χ4n) is 2.69. The second-order valence-electron chi connectivity index (χ2n) is 5.78. The Morgan fingerprint density at radius 3 is 2.55 bits per heavy atom. The van der Waals surface area contributed by atoms with Gasteiger partial charge in [-0.2, -0.15) is 0 Å². The van der Waals surface area contributed by atoms with Crippen LogP contribution < -0.4 is 16.4 Å². The molecule has 1 fully saturated rings. The van der Waals surface area contributed by atoms with E-state index in [1.54, 1.807) is 0 Å². The first-order valence-electron chi connectivity index (χ1n) is 8.12. The summed E-state index contributed by atoms with van der Waals surface area (Å²) in [7, 11) is 0. The summed E-state index contributed by atoms with van der Waals surface area (Å²) < 4.78 is 0. The van der Waals surface area contributed by atoms with Crippen molar-refractivity contribution in [3.63, 3.8) is 0 Å². The van der Waals surface area contributed by atoms with Crippen LogP contribution in [0, 0.1) is 0 Å². The van der Waals surface area contributed by atoms with Crippen molar-refractivity contribution in [1.82, 2.24) is 5.32 Å². The van der Waals surface area contributed by atoms with Crippen LogP contribution in [0.5, 0.6) is 0 Å². The molecule has 0 atom stereocenters. The Hall–Kier alpha value is -2.04. The number of aryl methyl sites for hydroxylation is 1. The van der Waals surface area contributed by atoms with Crippen molar-refractivity contribution in [1.29, 1.82) is 0 Å². The monoisotopic (exact) mass is 302 g/mol. The molecule has 5 heteroatoms. The van der Waals surface area contributed by atoms with Crippen molar-refractivity contribution < 1.29 is 4.79 Å². The van der Waals surface area contributed by atoms with E-state index in [4.69, 9.17) is 5.73 Å². The van der Waals surface area contributed by atoms with Crippen molar-refractivity contribution in [2.24, 2.45) is 10.7 Å². The molecule has 2 rings (SSSR count). The average molecular weight is 302 g/mol. The third kappa shape index (κ3) is 5.39. The minimum atomic E-state index is -0.0574. The first-order chi connectivity index (χ1) is 10.7. The molecular weight excluding hydrogens is 276 g/mol. The summed E-state index contributed by atoms with van der Waals surface area (Å²) in [4.78, 5) is 15.9. The van der Waals surface area contributed by atoms with Crippen LogP contribution in [-0.2, 0) is 11.2 Å². The van der Waals surface area contributed by atoms with Crippen LogP contribution in [0.15, 0.2) is 29.3 Å². The van der Waals surface area contributed by atoms with Crippen LogP contribution >= 0.6 is 0 Å². The average Bonchev–Trinajstić information content (AvgIpc) is 2.55. The van der Waals surface area contributed by atoms with Crippen LogP contribution in [0.2, 0.25) is 0 Å². The molecule has 4 N–H and O–H groups in total. The molecule has 1 aliphatic rings. The highest BCUT2D eigenvalue weighted by molar-refractivity contribution is 5.93. The Balaban J connectivity index is 1.77. The molecule has 0 aromatic heterocycles. The maximum Gasteiger partial charge on any atom is 0.242 e. The Bertz CT molecular complexity index is 504. The lowest BCUT2D eigenvalue weighted by Gasteiger charge is -2.22. The van der Waals surface area contributed by atoms with Crippen LogP contribution in [-0.4, -0.2) is 24.5 Å². The number of rotatable bonds is 5. The highest BCUT2D eigenvalue weighted by atomic mass is 16.1. The van der Waals surface area contributed by atoms with E-state index in [2.05, 4.69) is 22.5 Å². The summed E-state index contributed by atoms with van der Waals surface area (Å²) in [5, 5.41) is 6.02. The molecule has 0 unspecified atom stereocenters. The number of aliphatic imine (C=N–C) groups is 1. The van der Waals surface area contributed by atoms with Gasteiger partial charge in [0, 0.05) is 11.7 Å². The van der Waals surface area contributed by atoms with Gasteiger partial charge in [-0.25, -0.2) is 4.99 Å². The lowest BCUT2D eigenvalue weighted by molar-refractivity contribution is -0.120. The Morgan fingerprint density at radius 1 is 1.23 bits per heavy atom. The standard InChI is InChI=1S/C17H26N4O/c1-2-13-8-10-15(11-9-13)21-17(18)19-12-16(22)20-14-6-4-3-5-7-14/h8-11,14H,2-7,12H2,1H3,(H,20,22)(H3,18,19,21). The van der Waals surface area contributed by atoms with Gasteiger partial charge in [0.1, 0.15) is 6.54 Å². The van der Waals surface area contributed by atoms with Crippen molar-refractivity contribution in [3.05, 3.63) is 29.8 Å². The van der Waals surface area contributed by atoms with Crippen LogP contribution in [0.1, 0.15) is 44.6 Å². The largest absolute Gasteiger partial charge is 0.370 e. The number of benzene rings is 1. The second kappa shape index (κ2) is 8.41. The third-order valence-corrected chi connectivity index (χ3v) is 4.00. The minimum Gasteiger partial charge on any atom is -0.370 e. The maximum absolute atomic E-state index is 11.9. The lowest BCUT2D eigenvalue weighted by Crippen LogP contribution is -2.38. The van der Waals surface area contributed by atoms with Gasteiger partial charge in [0.25, 0.3) is 0 Å². The summed E-state index contributed by atoms with van der Waals surface area (Å²) in [6.07, 6.45) is 6.83. The third-order valence-electron chi connectivity index (χ3n) is 4.00. The van der Waals surface area contributed by atoms with Gasteiger partial charge in [-0.15, -0.1) is 0 Å². The van der Waals surface area contributed by atoms with Crippen molar-refractivity contribution in [2.45, 2.75) is 51.5 Å². The van der Waals surface area contributed by atoms with Gasteiger partial charge in [-0.05, 0) is 37.0 Å². The number of hydrogen-bond acceptors (Lipinski definition) is 2. The fourth-order valence-corrected chi connectivity index (χ4v) is 2.69. The number of carbonyl (C=O) groups excluding carboxylic acids is 1. The predicted octanol–water partition coefficient (Wildman–Crippen LogP) is 2.42. The first kappa shape index (κ1) is 16.3. The summed E-state index contributed by atoms with van der Waals surface area (Å²) in [5.41, 5.74) is 7.97. The predicted molar refractivity (Wildman–Crippen MR) is 90.9 cm³/mol. The minimum absolute atomic E-state index is 0.0574. The molecule has 1 aliphatic carbocycles. The SMILES string of the molecule is CCc1ccc(NC(N)=NCC(=O)NC2CCCCC2)cc1. The van der Waals surface area contributed by atoms with Gasteiger partial charge in [-0.3, -0.25) is 4.79 Å². The number of carbonyl (C=O) groups is 1. The molecule has 120 valence electrons. The Labute approximate surface area is 132 Å². The Morgan fingerprint density at radius 2 is 1.91 bits per heavy atom. The zero-order valence-corrected chi connectivity index (χ0v) is 13.3. The smallest absolute Gasteiger partial charge is 0.242 e. The molecule has 0 aliphatic heterocycles. The molecule has 0 saturated heterocycles. The summed E-state index contributed by atoms with van der Waals surface area (Å²) in [6, 6.07) is 8.33. The zero-order chi connectivity index (χ0) is 15.8. The molecular formula is C17H26N4O. The van der Waals surface area contributed by atoms with E-state index in [9.17, 15) is 4.79 Å². The zero-order valence-electron chi connectivity index (χ0n) is 13.3. The maximum atomic E-state index is 11.9. The molecule has 0 bridgehead atoms. The number of anilines is 1. The van der Waals surface area contributed by atoms with E-state index < -0.39 is 0 Å². The van der Waals surface area contributed by atoms with Gasteiger partial charge < -0.3 is 16.4 Å². The van der Waals surface area contributed by atoms with Crippen LogP contribution in [0.4, 0.5) is 5.69 Å². The summed E-state index contributed by atoms with van der Waals surface area (Å²) >= 11 is 0. The number of nitrogens with one attached hydrogen (secondary N) is 2. The number of hydrogen-bond donors (Lipinski definition) is 3. The molecule has 22 heavy (non-hydrogen) atoms. The van der Waals surface area contributed by atoms with E-state index in [1.807, 2.05) is 24.3 Å². The molecule has 1 saturated carbocycles. The molecule has 1 aromatic carbocycles. The van der Waals surface area contributed by atoms with Crippen LogP contribution in [0.25, 0.3) is 0 Å². The molecule has 1 amide bonds. The van der Waals surface area contributed by atoms with E-state index in [-0.39, 0.29) is 18.4 Å².